The fourth-order valence-corrected chi connectivity index (χ4v) is 2.77. The van der Waals surface area contributed by atoms with Crippen molar-refractivity contribution in [3.8, 4) is 6.07 Å². The number of rotatable bonds is 2. The monoisotopic (exact) mass is 278 g/mol. The van der Waals surface area contributed by atoms with E-state index in [2.05, 4.69) is 52.5 Å². The number of pyridine rings is 1. The Kier molecular flexibility index (Phi) is 3.85. The summed E-state index contributed by atoms with van der Waals surface area (Å²) in [5, 5.41) is 12.7. The average molecular weight is 278 g/mol. The molecule has 0 amide bonds. The van der Waals surface area contributed by atoms with Crippen LogP contribution in [0.3, 0.4) is 0 Å². The first kappa shape index (κ1) is 13.6. The summed E-state index contributed by atoms with van der Waals surface area (Å²) in [6.07, 6.45) is 1.67. The van der Waals surface area contributed by atoms with E-state index in [4.69, 9.17) is 0 Å². The molecule has 1 aromatic heterocycles. The van der Waals surface area contributed by atoms with Crippen molar-refractivity contribution < 1.29 is 0 Å². The van der Waals surface area contributed by atoms with Gasteiger partial charge in [-0.25, -0.2) is 4.98 Å². The highest BCUT2D eigenvalue weighted by atomic mass is 15.2. The third kappa shape index (κ3) is 2.88. The lowest BCUT2D eigenvalue weighted by Crippen LogP contribution is -2.35. The van der Waals surface area contributed by atoms with Crippen molar-refractivity contribution in [1.82, 2.24) is 10.3 Å². The third-order valence-electron chi connectivity index (χ3n) is 3.83. The van der Waals surface area contributed by atoms with Crippen LogP contribution < -0.4 is 10.2 Å². The Labute approximate surface area is 125 Å². The number of anilines is 1. The van der Waals surface area contributed by atoms with Crippen LogP contribution in [0, 0.1) is 11.3 Å². The first-order chi connectivity index (χ1) is 10.3. The topological polar surface area (TPSA) is 52.0 Å². The van der Waals surface area contributed by atoms with Gasteiger partial charge >= 0.3 is 0 Å². The van der Waals surface area contributed by atoms with Crippen LogP contribution in [0.15, 0.2) is 42.6 Å². The molecule has 21 heavy (non-hydrogen) atoms. The maximum atomic E-state index is 9.21. The molecule has 1 aliphatic rings. The summed E-state index contributed by atoms with van der Waals surface area (Å²) >= 11 is 0. The van der Waals surface area contributed by atoms with E-state index in [0.717, 1.165) is 18.7 Å². The van der Waals surface area contributed by atoms with Crippen LogP contribution in [-0.4, -0.2) is 17.6 Å². The minimum Gasteiger partial charge on any atom is -0.365 e. The maximum absolute atomic E-state index is 9.21. The zero-order valence-corrected chi connectivity index (χ0v) is 12.1. The molecule has 1 unspecified atom stereocenters. The molecule has 1 N–H and O–H groups in total. The molecule has 0 fully saturated rings. The van der Waals surface area contributed by atoms with Gasteiger partial charge in [0.1, 0.15) is 11.8 Å². The minimum atomic E-state index is 0.402. The first-order valence-corrected chi connectivity index (χ1v) is 7.18. The number of hydrogen-bond donors (Lipinski definition) is 1. The highest BCUT2D eigenvalue weighted by Crippen LogP contribution is 2.25. The van der Waals surface area contributed by atoms with Crippen LogP contribution in [-0.2, 0) is 13.1 Å². The molecule has 3 rings (SSSR count). The molecule has 0 saturated heterocycles. The number of nitriles is 1. The SMILES string of the molecule is CC1CN(Cc2cccnc2C#N)c2ccccc2CN1. The zero-order chi connectivity index (χ0) is 14.7. The summed E-state index contributed by atoms with van der Waals surface area (Å²) in [5.41, 5.74) is 4.02. The Morgan fingerprint density at radius 3 is 3.05 bits per heavy atom. The van der Waals surface area contributed by atoms with Crippen LogP contribution in [0.2, 0.25) is 0 Å². The van der Waals surface area contributed by atoms with Gasteiger partial charge in [-0.3, -0.25) is 0 Å². The number of para-hydroxylation sites is 1. The summed E-state index contributed by atoms with van der Waals surface area (Å²) in [6, 6.07) is 14.9. The Hall–Kier alpha value is -2.38. The van der Waals surface area contributed by atoms with Crippen LogP contribution in [0.4, 0.5) is 5.69 Å². The molecule has 4 nitrogen and oxygen atoms in total. The second-order valence-corrected chi connectivity index (χ2v) is 5.41. The molecule has 1 aromatic carbocycles. The quantitative estimate of drug-likeness (QED) is 0.916. The van der Waals surface area contributed by atoms with Gasteiger partial charge in [-0.05, 0) is 24.6 Å². The first-order valence-electron chi connectivity index (χ1n) is 7.18. The largest absolute Gasteiger partial charge is 0.365 e. The lowest BCUT2D eigenvalue weighted by atomic mass is 10.1. The molecular weight excluding hydrogens is 260 g/mol. The van der Waals surface area contributed by atoms with Crippen molar-refractivity contribution in [2.24, 2.45) is 0 Å². The van der Waals surface area contributed by atoms with E-state index in [1.165, 1.54) is 11.3 Å². The molecule has 1 atom stereocenters. The van der Waals surface area contributed by atoms with Crippen LogP contribution in [0.25, 0.3) is 0 Å². The number of benzene rings is 1. The lowest BCUT2D eigenvalue weighted by Gasteiger charge is -2.26. The molecule has 4 heteroatoms. The van der Waals surface area contributed by atoms with Crippen molar-refractivity contribution in [3.05, 3.63) is 59.4 Å². The summed E-state index contributed by atoms with van der Waals surface area (Å²) < 4.78 is 0. The second kappa shape index (κ2) is 5.94. The number of aromatic nitrogens is 1. The van der Waals surface area contributed by atoms with Crippen LogP contribution in [0.5, 0.6) is 0 Å². The van der Waals surface area contributed by atoms with Crippen molar-refractivity contribution >= 4 is 5.69 Å². The van der Waals surface area contributed by atoms with Crippen molar-refractivity contribution in [2.45, 2.75) is 26.1 Å². The Balaban J connectivity index is 1.95. The summed E-state index contributed by atoms with van der Waals surface area (Å²) in [5.74, 6) is 0. The number of nitrogens with zero attached hydrogens (tertiary/aromatic N) is 3. The molecule has 0 bridgehead atoms. The van der Waals surface area contributed by atoms with Crippen molar-refractivity contribution in [3.63, 3.8) is 0 Å². The molecule has 106 valence electrons. The van der Waals surface area contributed by atoms with E-state index in [1.807, 2.05) is 12.1 Å². The van der Waals surface area contributed by atoms with Crippen molar-refractivity contribution in [1.29, 1.82) is 5.26 Å². The van der Waals surface area contributed by atoms with Gasteiger partial charge in [0.05, 0.1) is 0 Å². The Morgan fingerprint density at radius 1 is 1.33 bits per heavy atom. The molecular formula is C17H18N4. The molecule has 0 aliphatic carbocycles. The molecule has 2 aromatic rings. The van der Waals surface area contributed by atoms with E-state index in [0.29, 0.717) is 18.3 Å². The Morgan fingerprint density at radius 2 is 2.19 bits per heavy atom. The molecule has 2 heterocycles. The molecule has 0 radical (unpaired) electrons. The van der Waals surface area contributed by atoms with Gasteiger partial charge in [-0.1, -0.05) is 24.3 Å². The fourth-order valence-electron chi connectivity index (χ4n) is 2.77. The third-order valence-corrected chi connectivity index (χ3v) is 3.83. The minimum absolute atomic E-state index is 0.402. The maximum Gasteiger partial charge on any atom is 0.145 e. The van der Waals surface area contributed by atoms with E-state index >= 15 is 0 Å². The van der Waals surface area contributed by atoms with Gasteiger partial charge in [-0.2, -0.15) is 5.26 Å². The predicted molar refractivity (Wildman–Crippen MR) is 82.7 cm³/mol. The summed E-state index contributed by atoms with van der Waals surface area (Å²) in [6.45, 7) is 4.69. The van der Waals surface area contributed by atoms with Gasteiger partial charge in [0, 0.05) is 43.1 Å². The fraction of sp³-hybridized carbons (Fsp3) is 0.294. The molecule has 1 aliphatic heterocycles. The van der Waals surface area contributed by atoms with Crippen LogP contribution >= 0.6 is 0 Å². The van der Waals surface area contributed by atoms with E-state index in [-0.39, 0.29) is 0 Å². The number of hydrogen-bond acceptors (Lipinski definition) is 4. The lowest BCUT2D eigenvalue weighted by molar-refractivity contribution is 0.552. The standard InChI is InChI=1S/C17H18N4/c1-13-11-21(12-15-6-4-8-19-16(15)9-18)17-7-3-2-5-14(17)10-20-13/h2-8,13,20H,10-12H2,1H3. The predicted octanol–water partition coefficient (Wildman–Crippen LogP) is 2.45. The normalized spacial score (nSPS) is 17.7. The summed E-state index contributed by atoms with van der Waals surface area (Å²) in [4.78, 5) is 6.49. The second-order valence-electron chi connectivity index (χ2n) is 5.41. The van der Waals surface area contributed by atoms with E-state index in [9.17, 15) is 5.26 Å². The number of fused-ring (bicyclic) bond motifs is 1. The summed E-state index contributed by atoms with van der Waals surface area (Å²) in [7, 11) is 0. The highest BCUT2D eigenvalue weighted by molar-refractivity contribution is 5.55. The van der Waals surface area contributed by atoms with E-state index in [1.54, 1.807) is 6.20 Å². The molecule has 0 spiro atoms. The van der Waals surface area contributed by atoms with E-state index < -0.39 is 0 Å². The van der Waals surface area contributed by atoms with Gasteiger partial charge in [0.2, 0.25) is 0 Å². The molecule has 0 saturated carbocycles. The van der Waals surface area contributed by atoms with Gasteiger partial charge in [0.25, 0.3) is 0 Å². The van der Waals surface area contributed by atoms with Gasteiger partial charge in [-0.15, -0.1) is 0 Å². The van der Waals surface area contributed by atoms with Gasteiger partial charge < -0.3 is 10.2 Å². The van der Waals surface area contributed by atoms with Gasteiger partial charge in [0.15, 0.2) is 0 Å². The zero-order valence-electron chi connectivity index (χ0n) is 12.1. The van der Waals surface area contributed by atoms with Crippen molar-refractivity contribution in [2.75, 3.05) is 11.4 Å². The van der Waals surface area contributed by atoms with Crippen LogP contribution in [0.1, 0.15) is 23.7 Å². The average Bonchev–Trinajstić information content (AvgIpc) is 2.68. The Bertz CT molecular complexity index is 674. The number of nitrogens with one attached hydrogen (secondary N) is 1. The highest BCUT2D eigenvalue weighted by Gasteiger charge is 2.19. The smallest absolute Gasteiger partial charge is 0.145 e.